The average Bonchev–Trinajstić information content (AvgIpc) is 3.15. The van der Waals surface area contributed by atoms with Crippen LogP contribution in [0.1, 0.15) is 12.5 Å². The van der Waals surface area contributed by atoms with Gasteiger partial charge < -0.3 is 4.57 Å². The van der Waals surface area contributed by atoms with E-state index >= 15 is 0 Å². The predicted molar refractivity (Wildman–Crippen MR) is 121 cm³/mol. The number of hydrogen-bond donors (Lipinski definition) is 0. The molecule has 0 atom stereocenters. The molecule has 28 heavy (non-hydrogen) atoms. The van der Waals surface area contributed by atoms with Crippen molar-refractivity contribution in [3.05, 3.63) is 109 Å². The summed E-state index contributed by atoms with van der Waals surface area (Å²) in [6, 6.07) is 34.8. The highest BCUT2D eigenvalue weighted by Gasteiger charge is 2.14. The Kier molecular flexibility index (Phi) is 4.06. The summed E-state index contributed by atoms with van der Waals surface area (Å²) in [5, 5.41) is 3.85. The molecule has 1 aromatic heterocycles. The first-order chi connectivity index (χ1) is 13.8. The Labute approximate surface area is 165 Å². The van der Waals surface area contributed by atoms with E-state index in [1.807, 2.05) is 0 Å². The topological polar surface area (TPSA) is 4.93 Å². The van der Waals surface area contributed by atoms with Crippen LogP contribution in [0.4, 0.5) is 0 Å². The van der Waals surface area contributed by atoms with Gasteiger partial charge in [0.25, 0.3) is 0 Å². The molecule has 0 N–H and O–H groups in total. The molecule has 0 aliphatic carbocycles. The van der Waals surface area contributed by atoms with E-state index in [2.05, 4.69) is 121 Å². The highest BCUT2D eigenvalue weighted by atomic mass is 15.0. The lowest BCUT2D eigenvalue weighted by molar-refractivity contribution is 1.13. The Hall–Kier alpha value is -3.58. The largest absolute Gasteiger partial charge is 0.309 e. The fraction of sp³-hybridized carbons (Fsp3) is 0.0370. The van der Waals surface area contributed by atoms with E-state index < -0.39 is 0 Å². The van der Waals surface area contributed by atoms with Gasteiger partial charge in [-0.3, -0.25) is 0 Å². The number of fused-ring (bicyclic) bond motifs is 3. The molecule has 5 rings (SSSR count). The molecule has 0 unspecified atom stereocenters. The molecule has 1 heteroatoms. The molecule has 5 aromatic rings. The van der Waals surface area contributed by atoms with Crippen LogP contribution in [0.3, 0.4) is 0 Å². The zero-order valence-electron chi connectivity index (χ0n) is 15.8. The predicted octanol–water partition coefficient (Wildman–Crippen LogP) is 7.48. The summed E-state index contributed by atoms with van der Waals surface area (Å²) in [7, 11) is 0. The van der Waals surface area contributed by atoms with Gasteiger partial charge in [0.15, 0.2) is 0 Å². The fourth-order valence-corrected chi connectivity index (χ4v) is 4.02. The molecule has 0 fully saturated rings. The fourth-order valence-electron chi connectivity index (χ4n) is 4.02. The van der Waals surface area contributed by atoms with Gasteiger partial charge in [0.05, 0.1) is 11.2 Å². The maximum absolute atomic E-state index is 2.38. The van der Waals surface area contributed by atoms with Crippen molar-refractivity contribution in [3.8, 4) is 16.9 Å². The monoisotopic (exact) mass is 359 g/mol. The van der Waals surface area contributed by atoms with Crippen molar-refractivity contribution in [1.29, 1.82) is 0 Å². The number of nitrogens with zero attached hydrogens (tertiary/aromatic N) is 1. The molecule has 0 bridgehead atoms. The molecule has 134 valence electrons. The summed E-state index contributed by atoms with van der Waals surface area (Å²) < 4.78 is 2.38. The molecule has 0 aliphatic heterocycles. The third-order valence-corrected chi connectivity index (χ3v) is 5.27. The molecule has 0 spiro atoms. The molecule has 0 amide bonds. The number of aromatic nitrogens is 1. The van der Waals surface area contributed by atoms with Crippen LogP contribution in [-0.4, -0.2) is 4.57 Å². The maximum atomic E-state index is 2.38. The van der Waals surface area contributed by atoms with Crippen LogP contribution in [0.2, 0.25) is 0 Å². The van der Waals surface area contributed by atoms with Crippen molar-refractivity contribution in [2.45, 2.75) is 6.92 Å². The summed E-state index contributed by atoms with van der Waals surface area (Å²) in [5.41, 5.74) is 6.06. The summed E-state index contributed by atoms with van der Waals surface area (Å²) >= 11 is 0. The first-order valence-electron chi connectivity index (χ1n) is 9.67. The second-order valence-electron chi connectivity index (χ2n) is 7.05. The van der Waals surface area contributed by atoms with Crippen LogP contribution in [0, 0.1) is 0 Å². The first-order valence-corrected chi connectivity index (χ1v) is 9.67. The van der Waals surface area contributed by atoms with Crippen LogP contribution in [-0.2, 0) is 0 Å². The van der Waals surface area contributed by atoms with E-state index in [0.717, 1.165) is 0 Å². The smallest absolute Gasteiger partial charge is 0.0541 e. The van der Waals surface area contributed by atoms with Crippen LogP contribution in [0.15, 0.2) is 103 Å². The Morgan fingerprint density at radius 2 is 1.50 bits per heavy atom. The lowest BCUT2D eigenvalue weighted by Gasteiger charge is -2.12. The number of allylic oxidation sites excluding steroid dienone is 1. The Morgan fingerprint density at radius 1 is 0.679 bits per heavy atom. The molecule has 1 heterocycles. The molecule has 4 aromatic carbocycles. The van der Waals surface area contributed by atoms with Crippen molar-refractivity contribution in [3.63, 3.8) is 0 Å². The SMILES string of the molecule is C/C=C/c1cccc(-n2c(-c3ccccc3)cc3c4ccccc4ccc32)c1. The lowest BCUT2D eigenvalue weighted by Crippen LogP contribution is -1.97. The highest BCUT2D eigenvalue weighted by Crippen LogP contribution is 2.35. The van der Waals surface area contributed by atoms with E-state index in [4.69, 9.17) is 0 Å². The van der Waals surface area contributed by atoms with E-state index in [1.54, 1.807) is 0 Å². The van der Waals surface area contributed by atoms with Gasteiger partial charge in [-0.15, -0.1) is 0 Å². The quantitative estimate of drug-likeness (QED) is 0.314. The number of benzene rings is 4. The minimum absolute atomic E-state index is 1.18. The van der Waals surface area contributed by atoms with Crippen LogP contribution in [0.25, 0.3) is 44.7 Å². The average molecular weight is 359 g/mol. The summed E-state index contributed by atoms with van der Waals surface area (Å²) in [6.45, 7) is 2.05. The summed E-state index contributed by atoms with van der Waals surface area (Å²) in [5.74, 6) is 0. The zero-order chi connectivity index (χ0) is 18.9. The van der Waals surface area contributed by atoms with Gasteiger partial charge in [-0.05, 0) is 53.1 Å². The van der Waals surface area contributed by atoms with Gasteiger partial charge in [0.1, 0.15) is 0 Å². The van der Waals surface area contributed by atoms with E-state index in [0.29, 0.717) is 0 Å². The van der Waals surface area contributed by atoms with Crippen molar-refractivity contribution in [2.75, 3.05) is 0 Å². The third kappa shape index (κ3) is 2.73. The summed E-state index contributed by atoms with van der Waals surface area (Å²) in [6.07, 6.45) is 4.23. The van der Waals surface area contributed by atoms with Gasteiger partial charge in [0, 0.05) is 11.1 Å². The summed E-state index contributed by atoms with van der Waals surface area (Å²) in [4.78, 5) is 0. The van der Waals surface area contributed by atoms with Gasteiger partial charge >= 0.3 is 0 Å². The lowest BCUT2D eigenvalue weighted by atomic mass is 10.1. The van der Waals surface area contributed by atoms with Gasteiger partial charge in [-0.25, -0.2) is 0 Å². The molecule has 0 saturated carbocycles. The van der Waals surface area contributed by atoms with Gasteiger partial charge in [0.2, 0.25) is 0 Å². The second kappa shape index (κ2) is 6.86. The first kappa shape index (κ1) is 16.6. The van der Waals surface area contributed by atoms with E-state index in [-0.39, 0.29) is 0 Å². The minimum Gasteiger partial charge on any atom is -0.309 e. The highest BCUT2D eigenvalue weighted by molar-refractivity contribution is 6.09. The van der Waals surface area contributed by atoms with Crippen molar-refractivity contribution in [1.82, 2.24) is 4.57 Å². The van der Waals surface area contributed by atoms with Gasteiger partial charge in [-0.1, -0.05) is 84.9 Å². The molecular weight excluding hydrogens is 338 g/mol. The van der Waals surface area contributed by atoms with Crippen LogP contribution >= 0.6 is 0 Å². The Bertz CT molecular complexity index is 1310. The van der Waals surface area contributed by atoms with Crippen molar-refractivity contribution < 1.29 is 0 Å². The molecule has 1 nitrogen and oxygen atoms in total. The normalized spacial score (nSPS) is 11.6. The van der Waals surface area contributed by atoms with E-state index in [9.17, 15) is 0 Å². The van der Waals surface area contributed by atoms with Crippen LogP contribution in [0.5, 0.6) is 0 Å². The standard InChI is InChI=1S/C27H21N/c1-2-9-20-10-8-14-23(18-20)28-26-17-16-21-11-6-7-15-24(21)25(26)19-27(28)22-12-4-3-5-13-22/h2-19H,1H3/b9-2+. The van der Waals surface area contributed by atoms with E-state index in [1.165, 1.54) is 44.2 Å². The maximum Gasteiger partial charge on any atom is 0.0541 e. The third-order valence-electron chi connectivity index (χ3n) is 5.27. The van der Waals surface area contributed by atoms with Gasteiger partial charge in [-0.2, -0.15) is 0 Å². The second-order valence-corrected chi connectivity index (χ2v) is 7.05. The number of hydrogen-bond acceptors (Lipinski definition) is 0. The number of rotatable bonds is 3. The zero-order valence-corrected chi connectivity index (χ0v) is 15.8. The molecule has 0 saturated heterocycles. The van der Waals surface area contributed by atoms with Crippen molar-refractivity contribution >= 4 is 27.8 Å². The Morgan fingerprint density at radius 3 is 2.36 bits per heavy atom. The molecule has 0 radical (unpaired) electrons. The van der Waals surface area contributed by atoms with Crippen molar-refractivity contribution in [2.24, 2.45) is 0 Å². The minimum atomic E-state index is 1.18. The Balaban J connectivity index is 1.88. The molecular formula is C27H21N. The molecule has 0 aliphatic rings. The van der Waals surface area contributed by atoms with Crippen LogP contribution < -0.4 is 0 Å².